The molecule has 0 saturated carbocycles. The lowest BCUT2D eigenvalue weighted by atomic mass is 10.0. The van der Waals surface area contributed by atoms with Gasteiger partial charge in [-0.1, -0.05) is 0 Å². The molecule has 0 aliphatic rings. The van der Waals surface area contributed by atoms with Crippen LogP contribution in [-0.4, -0.2) is 19.3 Å². The van der Waals surface area contributed by atoms with Crippen LogP contribution in [0.25, 0.3) is 0 Å². The zero-order chi connectivity index (χ0) is 14.0. The minimum absolute atomic E-state index is 0.549. The molecule has 0 aliphatic heterocycles. The molecule has 0 bridgehead atoms. The van der Waals surface area contributed by atoms with Gasteiger partial charge in [0.05, 0.1) is 20.5 Å². The average molecular weight is 327 g/mol. The molecular formula is C14H15BrO4. The minimum Gasteiger partial charge on any atom is -0.495 e. The Kier molecular flexibility index (Phi) is 4.17. The first kappa shape index (κ1) is 14.0. The zero-order valence-electron chi connectivity index (χ0n) is 10.9. The molecule has 1 heterocycles. The number of rotatable bonds is 4. The van der Waals surface area contributed by atoms with Crippen molar-refractivity contribution < 1.29 is 19.0 Å². The van der Waals surface area contributed by atoms with E-state index >= 15 is 0 Å². The van der Waals surface area contributed by atoms with Gasteiger partial charge >= 0.3 is 0 Å². The Hall–Kier alpha value is -1.46. The van der Waals surface area contributed by atoms with Gasteiger partial charge in [-0.05, 0) is 41.1 Å². The summed E-state index contributed by atoms with van der Waals surface area (Å²) in [6.45, 7) is 1.81. The van der Waals surface area contributed by atoms with Crippen molar-refractivity contribution in [3.05, 3.63) is 45.8 Å². The van der Waals surface area contributed by atoms with Gasteiger partial charge in [0.1, 0.15) is 27.8 Å². The van der Waals surface area contributed by atoms with Crippen molar-refractivity contribution in [2.24, 2.45) is 0 Å². The van der Waals surface area contributed by atoms with Crippen molar-refractivity contribution >= 4 is 15.9 Å². The normalized spacial score (nSPS) is 12.3. The molecule has 1 aromatic heterocycles. The molecular weight excluding hydrogens is 312 g/mol. The zero-order valence-corrected chi connectivity index (χ0v) is 12.5. The maximum Gasteiger partial charge on any atom is 0.142 e. The van der Waals surface area contributed by atoms with E-state index in [0.29, 0.717) is 27.3 Å². The highest BCUT2D eigenvalue weighted by atomic mass is 79.9. The van der Waals surface area contributed by atoms with E-state index in [1.54, 1.807) is 38.7 Å². The second-order valence-electron chi connectivity index (χ2n) is 4.04. The van der Waals surface area contributed by atoms with Crippen LogP contribution in [0.2, 0.25) is 0 Å². The molecule has 0 amide bonds. The summed E-state index contributed by atoms with van der Waals surface area (Å²) < 4.78 is 16.5. The van der Waals surface area contributed by atoms with Gasteiger partial charge in [-0.2, -0.15) is 0 Å². The van der Waals surface area contributed by atoms with Gasteiger partial charge < -0.3 is 19.0 Å². The average Bonchev–Trinajstić information content (AvgIpc) is 2.83. The van der Waals surface area contributed by atoms with E-state index < -0.39 is 6.10 Å². The van der Waals surface area contributed by atoms with Crippen LogP contribution in [0, 0.1) is 6.92 Å². The van der Waals surface area contributed by atoms with E-state index in [4.69, 9.17) is 13.9 Å². The van der Waals surface area contributed by atoms with Crippen LogP contribution in [-0.2, 0) is 0 Å². The molecule has 1 aromatic carbocycles. The molecule has 0 saturated heterocycles. The summed E-state index contributed by atoms with van der Waals surface area (Å²) in [5.41, 5.74) is 1.37. The second kappa shape index (κ2) is 5.67. The van der Waals surface area contributed by atoms with Crippen LogP contribution < -0.4 is 9.47 Å². The number of furan rings is 1. The van der Waals surface area contributed by atoms with Crippen LogP contribution in [0.4, 0.5) is 0 Å². The lowest BCUT2D eigenvalue weighted by Gasteiger charge is -2.17. The number of hydrogen-bond donors (Lipinski definition) is 1. The Bertz CT molecular complexity index is 577. The molecule has 1 N–H and O–H groups in total. The van der Waals surface area contributed by atoms with Gasteiger partial charge in [-0.3, -0.25) is 0 Å². The fourth-order valence-electron chi connectivity index (χ4n) is 1.98. The van der Waals surface area contributed by atoms with Crippen LogP contribution >= 0.6 is 15.9 Å². The summed E-state index contributed by atoms with van der Waals surface area (Å²) >= 11 is 3.42. The molecule has 1 unspecified atom stereocenters. The Morgan fingerprint density at radius 1 is 1.16 bits per heavy atom. The van der Waals surface area contributed by atoms with Crippen LogP contribution in [0.15, 0.2) is 33.4 Å². The number of halogens is 1. The molecule has 0 spiro atoms. The first-order valence-corrected chi connectivity index (χ1v) is 6.51. The molecule has 1 atom stereocenters. The maximum atomic E-state index is 10.5. The van der Waals surface area contributed by atoms with Gasteiger partial charge in [-0.25, -0.2) is 0 Å². The molecule has 0 radical (unpaired) electrons. The lowest BCUT2D eigenvalue weighted by molar-refractivity contribution is 0.212. The number of aryl methyl sites for hydroxylation is 1. The fourth-order valence-corrected chi connectivity index (χ4v) is 2.66. The number of aliphatic hydroxyl groups is 1. The van der Waals surface area contributed by atoms with Crippen molar-refractivity contribution in [3.8, 4) is 11.5 Å². The van der Waals surface area contributed by atoms with Crippen LogP contribution in [0.1, 0.15) is 23.0 Å². The van der Waals surface area contributed by atoms with Gasteiger partial charge in [0.15, 0.2) is 0 Å². The van der Waals surface area contributed by atoms with E-state index in [9.17, 15) is 5.11 Å². The van der Waals surface area contributed by atoms with Gasteiger partial charge in [-0.15, -0.1) is 0 Å². The van der Waals surface area contributed by atoms with Gasteiger partial charge in [0, 0.05) is 11.1 Å². The first-order valence-electron chi connectivity index (χ1n) is 5.72. The predicted molar refractivity (Wildman–Crippen MR) is 74.8 cm³/mol. The predicted octanol–water partition coefficient (Wildman–Crippen LogP) is 3.45. The standard InChI is InChI=1S/C14H15BrO4/c1-8-9(6-7-19-8)13(16)10-4-5-11(17-2)12(15)14(10)18-3/h4-7,13,16H,1-3H3. The highest BCUT2D eigenvalue weighted by molar-refractivity contribution is 9.10. The molecule has 2 rings (SSSR count). The van der Waals surface area contributed by atoms with Crippen LogP contribution in [0.5, 0.6) is 11.5 Å². The number of aliphatic hydroxyl groups excluding tert-OH is 1. The van der Waals surface area contributed by atoms with Crippen molar-refractivity contribution in [1.29, 1.82) is 0 Å². The van der Waals surface area contributed by atoms with Crippen molar-refractivity contribution in [2.45, 2.75) is 13.0 Å². The van der Waals surface area contributed by atoms with Crippen molar-refractivity contribution in [1.82, 2.24) is 0 Å². The SMILES string of the molecule is COc1ccc(C(O)c2ccoc2C)c(OC)c1Br. The molecule has 102 valence electrons. The Morgan fingerprint density at radius 2 is 1.89 bits per heavy atom. The summed E-state index contributed by atoms with van der Waals surface area (Å²) in [6, 6.07) is 5.30. The molecule has 2 aromatic rings. The Morgan fingerprint density at radius 3 is 2.42 bits per heavy atom. The monoisotopic (exact) mass is 326 g/mol. The Labute approximate surface area is 120 Å². The lowest BCUT2D eigenvalue weighted by Crippen LogP contribution is -2.04. The summed E-state index contributed by atoms with van der Waals surface area (Å²) in [7, 11) is 3.13. The molecule has 4 nitrogen and oxygen atoms in total. The van der Waals surface area contributed by atoms with Crippen LogP contribution in [0.3, 0.4) is 0 Å². The largest absolute Gasteiger partial charge is 0.495 e. The number of benzene rings is 1. The van der Waals surface area contributed by atoms with E-state index in [1.165, 1.54) is 0 Å². The summed E-state index contributed by atoms with van der Waals surface area (Å²) in [6.07, 6.45) is 0.745. The third-order valence-corrected chi connectivity index (χ3v) is 3.76. The third kappa shape index (κ3) is 2.48. The minimum atomic E-state index is -0.809. The molecule has 19 heavy (non-hydrogen) atoms. The first-order chi connectivity index (χ1) is 9.10. The number of methoxy groups -OCH3 is 2. The highest BCUT2D eigenvalue weighted by Crippen LogP contribution is 2.41. The number of ether oxygens (including phenoxy) is 2. The van der Waals surface area contributed by atoms with E-state index in [1.807, 2.05) is 6.92 Å². The molecule has 0 fully saturated rings. The summed E-state index contributed by atoms with van der Waals surface area (Å²) in [5, 5.41) is 10.5. The molecule has 5 heteroatoms. The van der Waals surface area contributed by atoms with Gasteiger partial charge in [0.2, 0.25) is 0 Å². The molecule has 0 aliphatic carbocycles. The number of hydrogen-bond acceptors (Lipinski definition) is 4. The van der Waals surface area contributed by atoms with Gasteiger partial charge in [0.25, 0.3) is 0 Å². The maximum absolute atomic E-state index is 10.5. The highest BCUT2D eigenvalue weighted by Gasteiger charge is 2.22. The van der Waals surface area contributed by atoms with Crippen molar-refractivity contribution in [2.75, 3.05) is 14.2 Å². The van der Waals surface area contributed by atoms with E-state index in [2.05, 4.69) is 15.9 Å². The quantitative estimate of drug-likeness (QED) is 0.934. The topological polar surface area (TPSA) is 51.8 Å². The third-order valence-electron chi connectivity index (χ3n) is 3.00. The smallest absolute Gasteiger partial charge is 0.142 e. The van der Waals surface area contributed by atoms with E-state index in [-0.39, 0.29) is 0 Å². The van der Waals surface area contributed by atoms with E-state index in [0.717, 1.165) is 5.56 Å². The second-order valence-corrected chi connectivity index (χ2v) is 4.83. The van der Waals surface area contributed by atoms with Crippen molar-refractivity contribution in [3.63, 3.8) is 0 Å². The fraction of sp³-hybridized carbons (Fsp3) is 0.286. The Balaban J connectivity index is 2.51. The summed E-state index contributed by atoms with van der Waals surface area (Å²) in [5.74, 6) is 1.88. The summed E-state index contributed by atoms with van der Waals surface area (Å²) in [4.78, 5) is 0.